The molecule has 2 aromatic heterocycles. The molecular weight excluding hydrogens is 496 g/mol. The van der Waals surface area contributed by atoms with Gasteiger partial charge in [-0.1, -0.05) is 26.3 Å². The summed E-state index contributed by atoms with van der Waals surface area (Å²) in [6.07, 6.45) is 4.56. The fourth-order valence-corrected chi connectivity index (χ4v) is 4.13. The van der Waals surface area contributed by atoms with E-state index in [2.05, 4.69) is 41.4 Å². The van der Waals surface area contributed by atoms with E-state index in [0.717, 1.165) is 30.4 Å². The van der Waals surface area contributed by atoms with E-state index >= 15 is 0 Å². The van der Waals surface area contributed by atoms with E-state index in [1.165, 1.54) is 6.92 Å². The summed E-state index contributed by atoms with van der Waals surface area (Å²) in [5, 5.41) is 9.85. The van der Waals surface area contributed by atoms with Crippen LogP contribution >= 0.6 is 0 Å². The van der Waals surface area contributed by atoms with Crippen LogP contribution in [0, 0.1) is 0 Å². The first-order valence-electron chi connectivity index (χ1n) is 13.2. The molecule has 0 radical (unpaired) electrons. The summed E-state index contributed by atoms with van der Waals surface area (Å²) in [6, 6.07) is 7.54. The van der Waals surface area contributed by atoms with E-state index in [0.29, 0.717) is 59.8 Å². The van der Waals surface area contributed by atoms with E-state index in [-0.39, 0.29) is 5.91 Å². The average molecular weight is 537 g/mol. The highest BCUT2D eigenvalue weighted by atomic mass is 16.5. The van der Waals surface area contributed by atoms with Gasteiger partial charge in [-0.3, -0.25) is 4.79 Å². The lowest BCUT2D eigenvalue weighted by molar-refractivity contribution is -0.119. The third kappa shape index (κ3) is 7.95. The summed E-state index contributed by atoms with van der Waals surface area (Å²) in [7, 11) is 3.24. The third-order valence-electron chi connectivity index (χ3n) is 6.34. The van der Waals surface area contributed by atoms with E-state index in [4.69, 9.17) is 24.2 Å². The number of nitrogens with zero attached hydrogens (tertiary/aromatic N) is 3. The highest BCUT2D eigenvalue weighted by Gasteiger charge is 2.26. The first-order chi connectivity index (χ1) is 18.7. The third-order valence-corrected chi connectivity index (χ3v) is 6.34. The molecule has 1 atom stereocenters. The van der Waals surface area contributed by atoms with Crippen LogP contribution in [0.2, 0.25) is 0 Å². The van der Waals surface area contributed by atoms with Gasteiger partial charge in [-0.15, -0.1) is 0 Å². The number of amides is 1. The SMILES string of the molecule is C=C(OCC)c1cnc2c(NC(C)(CCCC)CNC(C)=O)nc(NCc3ccc(OC)cc3OC)nc2c1. The van der Waals surface area contributed by atoms with E-state index < -0.39 is 5.54 Å². The Morgan fingerprint density at radius 2 is 1.92 bits per heavy atom. The highest BCUT2D eigenvalue weighted by Crippen LogP contribution is 2.29. The number of hydrogen-bond acceptors (Lipinski definition) is 9. The normalized spacial score (nSPS) is 12.4. The molecule has 1 aromatic carbocycles. The maximum atomic E-state index is 11.7. The van der Waals surface area contributed by atoms with Crippen LogP contribution in [0.25, 0.3) is 16.8 Å². The largest absolute Gasteiger partial charge is 0.497 e. The van der Waals surface area contributed by atoms with Gasteiger partial charge in [0.2, 0.25) is 11.9 Å². The predicted octanol–water partition coefficient (Wildman–Crippen LogP) is 5.16. The van der Waals surface area contributed by atoms with Gasteiger partial charge in [0.1, 0.15) is 22.8 Å². The molecule has 2 heterocycles. The van der Waals surface area contributed by atoms with Crippen molar-refractivity contribution in [2.45, 2.75) is 59.0 Å². The Kier molecular flexibility index (Phi) is 10.3. The van der Waals surface area contributed by atoms with Gasteiger partial charge >= 0.3 is 0 Å². The number of unbranched alkanes of at least 4 members (excludes halogenated alkanes) is 1. The molecule has 0 bridgehead atoms. The number of nitrogens with one attached hydrogen (secondary N) is 3. The summed E-state index contributed by atoms with van der Waals surface area (Å²) in [4.78, 5) is 26.0. The smallest absolute Gasteiger partial charge is 0.225 e. The Labute approximate surface area is 230 Å². The number of benzene rings is 1. The summed E-state index contributed by atoms with van der Waals surface area (Å²) in [6.45, 7) is 13.0. The zero-order valence-corrected chi connectivity index (χ0v) is 23.8. The molecule has 0 aliphatic carbocycles. The van der Waals surface area contributed by atoms with Gasteiger partial charge in [0.05, 0.1) is 31.9 Å². The van der Waals surface area contributed by atoms with Crippen LogP contribution < -0.4 is 25.4 Å². The van der Waals surface area contributed by atoms with Crippen molar-refractivity contribution in [1.82, 2.24) is 20.3 Å². The molecule has 210 valence electrons. The minimum atomic E-state index is -0.450. The van der Waals surface area contributed by atoms with Gasteiger partial charge in [-0.2, -0.15) is 4.98 Å². The number of ether oxygens (including phenoxy) is 3. The van der Waals surface area contributed by atoms with Crippen LogP contribution in [0.1, 0.15) is 58.1 Å². The van der Waals surface area contributed by atoms with Crippen LogP contribution in [0.3, 0.4) is 0 Å². The van der Waals surface area contributed by atoms with Crippen molar-refractivity contribution in [3.8, 4) is 11.5 Å². The zero-order chi connectivity index (χ0) is 28.4. The van der Waals surface area contributed by atoms with Gasteiger partial charge < -0.3 is 30.2 Å². The van der Waals surface area contributed by atoms with Crippen molar-refractivity contribution in [2.75, 3.05) is 38.0 Å². The second-order valence-electron chi connectivity index (χ2n) is 9.57. The minimum Gasteiger partial charge on any atom is -0.497 e. The van der Waals surface area contributed by atoms with Crippen molar-refractivity contribution in [2.24, 2.45) is 0 Å². The molecule has 0 spiro atoms. The quantitative estimate of drug-likeness (QED) is 0.226. The van der Waals surface area contributed by atoms with Crippen molar-refractivity contribution in [3.63, 3.8) is 0 Å². The Morgan fingerprint density at radius 1 is 1.13 bits per heavy atom. The lowest BCUT2D eigenvalue weighted by atomic mass is 9.94. The fourth-order valence-electron chi connectivity index (χ4n) is 4.13. The maximum Gasteiger partial charge on any atom is 0.225 e. The summed E-state index contributed by atoms with van der Waals surface area (Å²) in [5.74, 6) is 2.84. The molecule has 1 unspecified atom stereocenters. The van der Waals surface area contributed by atoms with Crippen LogP contribution in [-0.2, 0) is 16.1 Å². The van der Waals surface area contributed by atoms with Crippen molar-refractivity contribution in [3.05, 3.63) is 48.2 Å². The summed E-state index contributed by atoms with van der Waals surface area (Å²) in [5.41, 5.74) is 2.46. The topological polar surface area (TPSA) is 120 Å². The molecule has 3 N–H and O–H groups in total. The van der Waals surface area contributed by atoms with Crippen LogP contribution in [-0.4, -0.2) is 53.8 Å². The molecule has 0 saturated heterocycles. The van der Waals surface area contributed by atoms with Gasteiger partial charge in [0.25, 0.3) is 0 Å². The van der Waals surface area contributed by atoms with Gasteiger partial charge in [0, 0.05) is 43.4 Å². The van der Waals surface area contributed by atoms with E-state index in [1.54, 1.807) is 20.4 Å². The zero-order valence-electron chi connectivity index (χ0n) is 23.8. The number of rotatable bonds is 15. The van der Waals surface area contributed by atoms with Crippen LogP contribution in [0.15, 0.2) is 37.0 Å². The van der Waals surface area contributed by atoms with Gasteiger partial charge in [-0.25, -0.2) is 9.97 Å². The average Bonchev–Trinajstić information content (AvgIpc) is 2.93. The maximum absolute atomic E-state index is 11.7. The fraction of sp³-hybridized carbons (Fsp3) is 0.448. The molecule has 39 heavy (non-hydrogen) atoms. The minimum absolute atomic E-state index is 0.0833. The van der Waals surface area contributed by atoms with Gasteiger partial charge in [-0.05, 0) is 38.5 Å². The Bertz CT molecular complexity index is 1300. The lowest BCUT2D eigenvalue weighted by Crippen LogP contribution is -2.46. The Morgan fingerprint density at radius 3 is 2.59 bits per heavy atom. The number of anilines is 2. The Hall–Kier alpha value is -4.08. The molecule has 1 amide bonds. The number of pyridine rings is 1. The molecule has 10 heteroatoms. The Balaban J connectivity index is 2.02. The number of methoxy groups -OCH3 is 2. The number of carbonyl (C=O) groups is 1. The molecule has 3 aromatic rings. The number of carbonyl (C=O) groups excluding carboxylic acids is 1. The van der Waals surface area contributed by atoms with Crippen LogP contribution in [0.4, 0.5) is 11.8 Å². The lowest BCUT2D eigenvalue weighted by Gasteiger charge is -2.32. The van der Waals surface area contributed by atoms with Crippen LogP contribution in [0.5, 0.6) is 11.5 Å². The van der Waals surface area contributed by atoms with Crippen molar-refractivity contribution >= 4 is 34.5 Å². The summed E-state index contributed by atoms with van der Waals surface area (Å²) >= 11 is 0. The summed E-state index contributed by atoms with van der Waals surface area (Å²) < 4.78 is 16.4. The van der Waals surface area contributed by atoms with Gasteiger partial charge in [0.15, 0.2) is 5.82 Å². The molecular formula is C29H40N6O4. The monoisotopic (exact) mass is 536 g/mol. The molecule has 0 aliphatic rings. The van der Waals surface area contributed by atoms with E-state index in [9.17, 15) is 4.79 Å². The first-order valence-corrected chi connectivity index (χ1v) is 13.2. The number of aromatic nitrogens is 3. The standard InChI is InChI=1S/C29H40N6O4/c1-8-10-13-29(5,18-32-20(4)36)35-27-26-24(14-22(17-30-26)19(3)39-9-2)33-28(34-27)31-16-21-11-12-23(37-6)15-25(21)38-7/h11-12,14-15,17H,3,8-10,13,16,18H2,1-2,4-7H3,(H,32,36)(H2,31,33,34,35). The molecule has 0 aliphatic heterocycles. The molecule has 3 rings (SSSR count). The first kappa shape index (κ1) is 29.5. The van der Waals surface area contributed by atoms with Crippen molar-refractivity contribution < 1.29 is 19.0 Å². The second-order valence-corrected chi connectivity index (χ2v) is 9.57. The molecule has 0 saturated carbocycles. The second kappa shape index (κ2) is 13.6. The number of fused-ring (bicyclic) bond motifs is 1. The highest BCUT2D eigenvalue weighted by molar-refractivity contribution is 5.88. The molecule has 0 fully saturated rings. The number of hydrogen-bond donors (Lipinski definition) is 3. The predicted molar refractivity (Wildman–Crippen MR) is 155 cm³/mol. The van der Waals surface area contributed by atoms with E-state index in [1.807, 2.05) is 31.2 Å². The van der Waals surface area contributed by atoms with Crippen molar-refractivity contribution in [1.29, 1.82) is 0 Å². The molecule has 10 nitrogen and oxygen atoms in total.